The van der Waals surface area contributed by atoms with Gasteiger partial charge in [-0.2, -0.15) is 8.42 Å². The highest BCUT2D eigenvalue weighted by molar-refractivity contribution is 7.86. The minimum absolute atomic E-state index is 0.0906. The number of hydrogen-bond donors (Lipinski definition) is 0. The monoisotopic (exact) mass is 285 g/mol. The number of rotatable bonds is 3. The van der Waals surface area contributed by atoms with Crippen LogP contribution in [-0.2, 0) is 14.3 Å². The fourth-order valence-electron chi connectivity index (χ4n) is 5.51. The Bertz CT molecular complexity index is 441. The lowest BCUT2D eigenvalue weighted by atomic mass is 9.53. The van der Waals surface area contributed by atoms with Crippen molar-refractivity contribution in [2.24, 2.45) is 23.7 Å². The summed E-state index contributed by atoms with van der Waals surface area (Å²) in [4.78, 5) is 2.50. The highest BCUT2D eigenvalue weighted by atomic mass is 32.2. The van der Waals surface area contributed by atoms with Crippen LogP contribution in [0.15, 0.2) is 0 Å². The van der Waals surface area contributed by atoms with Crippen LogP contribution in [-0.4, -0.2) is 44.8 Å². The molecular formula is C14H23NO3S. The van der Waals surface area contributed by atoms with Crippen molar-refractivity contribution in [2.75, 3.05) is 19.3 Å². The van der Waals surface area contributed by atoms with Gasteiger partial charge in [0.2, 0.25) is 0 Å². The zero-order chi connectivity index (χ0) is 13.2. The zero-order valence-corrected chi connectivity index (χ0v) is 12.3. The molecule has 4 bridgehead atoms. The standard InChI is InChI=1S/C14H23NO3S/c1-19(16,17)18-13-7-15(8-13)14-11-3-9-2-10(5-11)6-12(14)4-9/h9-14H,2-8H2,1H3. The summed E-state index contributed by atoms with van der Waals surface area (Å²) >= 11 is 0. The maximum atomic E-state index is 11.1. The van der Waals surface area contributed by atoms with E-state index in [2.05, 4.69) is 4.90 Å². The van der Waals surface area contributed by atoms with Crippen LogP contribution in [0.25, 0.3) is 0 Å². The third kappa shape index (κ3) is 2.24. The maximum absolute atomic E-state index is 11.1. The average Bonchev–Trinajstić information content (AvgIpc) is 2.21. The van der Waals surface area contributed by atoms with Gasteiger partial charge in [-0.15, -0.1) is 0 Å². The highest BCUT2D eigenvalue weighted by Crippen LogP contribution is 2.55. The Morgan fingerprint density at radius 1 is 0.947 bits per heavy atom. The first kappa shape index (κ1) is 12.6. The number of nitrogens with zero attached hydrogens (tertiary/aromatic N) is 1. The second-order valence-electron chi connectivity index (χ2n) is 7.30. The van der Waals surface area contributed by atoms with Gasteiger partial charge in [0.25, 0.3) is 10.1 Å². The predicted molar refractivity (Wildman–Crippen MR) is 72.1 cm³/mol. The summed E-state index contributed by atoms with van der Waals surface area (Å²) in [6, 6.07) is 0.729. The van der Waals surface area contributed by atoms with Crippen molar-refractivity contribution in [3.05, 3.63) is 0 Å². The Labute approximate surface area is 115 Å². The summed E-state index contributed by atoms with van der Waals surface area (Å²) in [5, 5.41) is 0. The molecule has 1 heterocycles. The smallest absolute Gasteiger partial charge is 0.264 e. The van der Waals surface area contributed by atoms with Gasteiger partial charge in [-0.25, -0.2) is 0 Å². The number of hydrogen-bond acceptors (Lipinski definition) is 4. The van der Waals surface area contributed by atoms with Gasteiger partial charge < -0.3 is 0 Å². The molecule has 1 aliphatic heterocycles. The Morgan fingerprint density at radius 2 is 1.47 bits per heavy atom. The Morgan fingerprint density at radius 3 is 1.95 bits per heavy atom. The van der Waals surface area contributed by atoms with Crippen molar-refractivity contribution in [1.29, 1.82) is 0 Å². The van der Waals surface area contributed by atoms with Crippen LogP contribution < -0.4 is 0 Å². The van der Waals surface area contributed by atoms with E-state index in [9.17, 15) is 8.42 Å². The van der Waals surface area contributed by atoms with E-state index in [1.165, 1.54) is 32.1 Å². The highest BCUT2D eigenvalue weighted by Gasteiger charge is 2.52. The summed E-state index contributed by atoms with van der Waals surface area (Å²) in [7, 11) is -3.29. The zero-order valence-electron chi connectivity index (χ0n) is 11.5. The summed E-state index contributed by atoms with van der Waals surface area (Å²) in [6.07, 6.45) is 8.24. The molecule has 0 aromatic rings. The molecule has 5 aliphatic rings. The third-order valence-corrected chi connectivity index (χ3v) is 6.41. The predicted octanol–water partition coefficient (Wildman–Crippen LogP) is 1.47. The summed E-state index contributed by atoms with van der Waals surface area (Å²) in [5.41, 5.74) is 0. The molecule has 0 spiro atoms. The van der Waals surface area contributed by atoms with Crippen LogP contribution in [0.4, 0.5) is 0 Å². The van der Waals surface area contributed by atoms with Crippen LogP contribution in [0.3, 0.4) is 0 Å². The molecule has 5 rings (SSSR count). The lowest BCUT2D eigenvalue weighted by Crippen LogP contribution is -2.64. The molecule has 0 amide bonds. The summed E-state index contributed by atoms with van der Waals surface area (Å²) in [6.45, 7) is 1.64. The molecule has 1 saturated heterocycles. The van der Waals surface area contributed by atoms with Gasteiger partial charge in [-0.1, -0.05) is 0 Å². The average molecular weight is 285 g/mol. The molecule has 5 fully saturated rings. The van der Waals surface area contributed by atoms with E-state index in [1.807, 2.05) is 0 Å². The van der Waals surface area contributed by atoms with Gasteiger partial charge in [0.1, 0.15) is 6.10 Å². The van der Waals surface area contributed by atoms with Crippen LogP contribution in [0.1, 0.15) is 32.1 Å². The molecule has 0 N–H and O–H groups in total. The summed E-state index contributed by atoms with van der Waals surface area (Å²) < 4.78 is 27.3. The minimum atomic E-state index is -3.29. The normalized spacial score (nSPS) is 46.5. The van der Waals surface area contributed by atoms with Crippen molar-refractivity contribution in [3.63, 3.8) is 0 Å². The molecule has 19 heavy (non-hydrogen) atoms. The van der Waals surface area contributed by atoms with E-state index >= 15 is 0 Å². The summed E-state index contributed by atoms with van der Waals surface area (Å²) in [5.74, 6) is 3.78. The van der Waals surface area contributed by atoms with Gasteiger partial charge in [0, 0.05) is 19.1 Å². The van der Waals surface area contributed by atoms with Crippen LogP contribution >= 0.6 is 0 Å². The molecule has 4 saturated carbocycles. The molecule has 0 aromatic carbocycles. The fourth-order valence-corrected chi connectivity index (χ4v) is 6.13. The Hall–Kier alpha value is -0.130. The molecule has 108 valence electrons. The Balaban J connectivity index is 1.40. The molecule has 0 aromatic heterocycles. The van der Waals surface area contributed by atoms with Gasteiger partial charge in [-0.3, -0.25) is 9.08 Å². The topological polar surface area (TPSA) is 46.6 Å². The molecule has 0 radical (unpaired) electrons. The largest absolute Gasteiger partial charge is 0.294 e. The molecule has 4 aliphatic carbocycles. The van der Waals surface area contributed by atoms with Crippen molar-refractivity contribution in [3.8, 4) is 0 Å². The first-order chi connectivity index (χ1) is 8.98. The van der Waals surface area contributed by atoms with Crippen LogP contribution in [0, 0.1) is 23.7 Å². The fraction of sp³-hybridized carbons (Fsp3) is 1.00. The van der Waals surface area contributed by atoms with E-state index in [0.717, 1.165) is 49.1 Å². The van der Waals surface area contributed by atoms with Crippen LogP contribution in [0.2, 0.25) is 0 Å². The Kier molecular flexibility index (Phi) is 2.77. The SMILES string of the molecule is CS(=O)(=O)OC1CN(C2C3CC4CC(C3)CC2C4)C1. The molecule has 4 nitrogen and oxygen atoms in total. The van der Waals surface area contributed by atoms with Crippen molar-refractivity contribution < 1.29 is 12.6 Å². The molecule has 0 unspecified atom stereocenters. The van der Waals surface area contributed by atoms with Gasteiger partial charge in [0.05, 0.1) is 6.26 Å². The van der Waals surface area contributed by atoms with Crippen molar-refractivity contribution in [1.82, 2.24) is 4.90 Å². The second kappa shape index (κ2) is 4.18. The van der Waals surface area contributed by atoms with Gasteiger partial charge in [-0.05, 0) is 55.8 Å². The lowest BCUT2D eigenvalue weighted by molar-refractivity contribution is -0.112. The van der Waals surface area contributed by atoms with E-state index in [-0.39, 0.29) is 6.10 Å². The number of likely N-dealkylation sites (tertiary alicyclic amines) is 1. The quantitative estimate of drug-likeness (QED) is 0.737. The molecule has 5 heteroatoms. The third-order valence-electron chi connectivity index (χ3n) is 5.79. The van der Waals surface area contributed by atoms with Gasteiger partial charge in [0.15, 0.2) is 0 Å². The molecular weight excluding hydrogens is 262 g/mol. The first-order valence-corrected chi connectivity index (χ1v) is 9.42. The maximum Gasteiger partial charge on any atom is 0.264 e. The second-order valence-corrected chi connectivity index (χ2v) is 8.90. The minimum Gasteiger partial charge on any atom is -0.294 e. The van der Waals surface area contributed by atoms with Crippen molar-refractivity contribution in [2.45, 2.75) is 44.2 Å². The first-order valence-electron chi connectivity index (χ1n) is 7.60. The van der Waals surface area contributed by atoms with Crippen molar-refractivity contribution >= 4 is 10.1 Å². The van der Waals surface area contributed by atoms with Gasteiger partial charge >= 0.3 is 0 Å². The van der Waals surface area contributed by atoms with Crippen LogP contribution in [0.5, 0.6) is 0 Å². The van der Waals surface area contributed by atoms with E-state index in [0.29, 0.717) is 0 Å². The lowest BCUT2D eigenvalue weighted by Gasteiger charge is -2.59. The molecule has 0 atom stereocenters. The van der Waals surface area contributed by atoms with E-state index in [4.69, 9.17) is 4.18 Å². The van der Waals surface area contributed by atoms with E-state index in [1.54, 1.807) is 0 Å². The van der Waals surface area contributed by atoms with E-state index < -0.39 is 10.1 Å².